The van der Waals surface area contributed by atoms with Crippen LogP contribution in [-0.2, 0) is 0 Å². The molecule has 1 aliphatic heterocycles. The topological polar surface area (TPSA) is 21.7 Å². The van der Waals surface area contributed by atoms with Crippen LogP contribution in [-0.4, -0.2) is 30.4 Å². The average molecular weight is 486 g/mol. The Morgan fingerprint density at radius 3 is 1.74 bits per heavy atom. The molecule has 4 aromatic rings. The quantitative estimate of drug-likeness (QED) is 0.183. The summed E-state index contributed by atoms with van der Waals surface area (Å²) in [7, 11) is 1.70. The minimum atomic E-state index is 0.0851. The van der Waals surface area contributed by atoms with Gasteiger partial charge in [-0.2, -0.15) is 0 Å². The van der Waals surface area contributed by atoms with Crippen molar-refractivity contribution >= 4 is 29.2 Å². The van der Waals surface area contributed by atoms with Gasteiger partial charge in [0, 0.05) is 15.5 Å². The van der Waals surface area contributed by atoms with Crippen molar-refractivity contribution in [1.29, 1.82) is 0 Å². The smallest absolute Gasteiger partial charge is 0.138 e. The molecule has 0 aromatic heterocycles. The Hall–Kier alpha value is -3.02. The first-order valence-electron chi connectivity index (χ1n) is 11.4. The lowest BCUT2D eigenvalue weighted by atomic mass is 9.99. The van der Waals surface area contributed by atoms with Crippen LogP contribution < -0.4 is 14.4 Å². The van der Waals surface area contributed by atoms with Crippen molar-refractivity contribution in [3.05, 3.63) is 115 Å². The monoisotopic (exact) mass is 485 g/mol. The predicted octanol–water partition coefficient (Wildman–Crippen LogP) is 7.24. The van der Waals surface area contributed by atoms with Crippen molar-refractivity contribution in [1.82, 2.24) is 0 Å². The molecule has 0 N–H and O–H groups in total. The lowest BCUT2D eigenvalue weighted by Gasteiger charge is -2.51. The van der Waals surface area contributed by atoms with Crippen LogP contribution in [0, 0.1) is 0 Å². The summed E-state index contributed by atoms with van der Waals surface area (Å²) >= 11 is 3.81. The van der Waals surface area contributed by atoms with Gasteiger partial charge in [0.05, 0.1) is 24.3 Å². The molecule has 1 saturated heterocycles. The second-order valence-electron chi connectivity index (χ2n) is 8.04. The number of hydrogen-bond donors (Lipinski definition) is 0. The van der Waals surface area contributed by atoms with E-state index in [0.29, 0.717) is 0 Å². The number of thioether (sulfide) groups is 2. The molecule has 1 aliphatic rings. The fraction of sp³-hybridized carbons (Fsp3) is 0.172. The van der Waals surface area contributed by atoms with E-state index < -0.39 is 0 Å². The molecule has 5 rings (SSSR count). The fourth-order valence-corrected chi connectivity index (χ4v) is 7.02. The third kappa shape index (κ3) is 5.37. The minimum absolute atomic E-state index is 0.0851. The molecule has 5 heteroatoms. The highest BCUT2D eigenvalue weighted by atomic mass is 32.2. The first kappa shape index (κ1) is 22.8. The summed E-state index contributed by atoms with van der Waals surface area (Å²) in [5.41, 5.74) is 1.19. The SMILES string of the molecule is COc1ccc(N2CC(Oc3ccccc3)C2C(Sc2ccccc2)Sc2ccccc2)cc1. The van der Waals surface area contributed by atoms with E-state index in [1.54, 1.807) is 7.11 Å². The van der Waals surface area contributed by atoms with Gasteiger partial charge in [-0.1, -0.05) is 54.6 Å². The molecule has 34 heavy (non-hydrogen) atoms. The summed E-state index contributed by atoms with van der Waals surface area (Å²) in [4.78, 5) is 4.98. The van der Waals surface area contributed by atoms with E-state index in [1.165, 1.54) is 15.5 Å². The first-order chi connectivity index (χ1) is 16.8. The van der Waals surface area contributed by atoms with Crippen molar-refractivity contribution in [2.24, 2.45) is 0 Å². The molecular formula is C29H27NO2S2. The van der Waals surface area contributed by atoms with Crippen molar-refractivity contribution in [3.8, 4) is 11.5 Å². The summed E-state index contributed by atoms with van der Waals surface area (Å²) in [6.07, 6.45) is 0.0851. The summed E-state index contributed by atoms with van der Waals surface area (Å²) in [5, 5.41) is 0. The highest BCUT2D eigenvalue weighted by Crippen LogP contribution is 2.45. The molecule has 4 aromatic carbocycles. The molecule has 0 radical (unpaired) electrons. The molecule has 0 bridgehead atoms. The Balaban J connectivity index is 1.47. The standard InChI is InChI=1S/C29H27NO2S2/c1-31-23-19-17-22(18-20-23)30-21-27(32-24-11-5-2-6-12-24)28(30)29(33-25-13-7-3-8-14-25)34-26-15-9-4-10-16-26/h2-20,27-29H,21H2,1H3. The summed E-state index contributed by atoms with van der Waals surface area (Å²) in [5.74, 6) is 1.78. The third-order valence-corrected chi connectivity index (χ3v) is 8.51. The third-order valence-electron chi connectivity index (χ3n) is 5.82. The highest BCUT2D eigenvalue weighted by molar-refractivity contribution is 8.17. The van der Waals surface area contributed by atoms with E-state index in [9.17, 15) is 0 Å². The number of nitrogens with zero attached hydrogens (tertiary/aromatic N) is 1. The molecule has 2 unspecified atom stereocenters. The van der Waals surface area contributed by atoms with Crippen LogP contribution in [0.3, 0.4) is 0 Å². The van der Waals surface area contributed by atoms with E-state index >= 15 is 0 Å². The van der Waals surface area contributed by atoms with Gasteiger partial charge in [0.15, 0.2) is 0 Å². The van der Waals surface area contributed by atoms with E-state index in [0.717, 1.165) is 18.0 Å². The van der Waals surface area contributed by atoms with Gasteiger partial charge in [0.25, 0.3) is 0 Å². The van der Waals surface area contributed by atoms with Gasteiger partial charge in [-0.15, -0.1) is 23.5 Å². The summed E-state index contributed by atoms with van der Waals surface area (Å²) in [6, 6.07) is 40.0. The Kier molecular flexibility index (Phi) is 7.32. The van der Waals surface area contributed by atoms with E-state index in [1.807, 2.05) is 66.0 Å². The van der Waals surface area contributed by atoms with E-state index in [4.69, 9.17) is 9.47 Å². The van der Waals surface area contributed by atoms with Crippen LogP contribution in [0.15, 0.2) is 125 Å². The van der Waals surface area contributed by atoms with Crippen LogP contribution in [0.25, 0.3) is 0 Å². The van der Waals surface area contributed by atoms with Crippen molar-refractivity contribution in [2.75, 3.05) is 18.6 Å². The van der Waals surface area contributed by atoms with Crippen LogP contribution in [0.5, 0.6) is 11.5 Å². The van der Waals surface area contributed by atoms with Gasteiger partial charge in [0.2, 0.25) is 0 Å². The highest BCUT2D eigenvalue weighted by Gasteiger charge is 2.46. The molecule has 0 saturated carbocycles. The van der Waals surface area contributed by atoms with Gasteiger partial charge in [0.1, 0.15) is 17.6 Å². The fourth-order valence-electron chi connectivity index (χ4n) is 4.07. The summed E-state index contributed by atoms with van der Waals surface area (Å²) in [6.45, 7) is 0.840. The van der Waals surface area contributed by atoms with Crippen LogP contribution in [0.4, 0.5) is 5.69 Å². The molecular weight excluding hydrogens is 458 g/mol. The van der Waals surface area contributed by atoms with Gasteiger partial charge in [-0.3, -0.25) is 0 Å². The predicted molar refractivity (Wildman–Crippen MR) is 143 cm³/mol. The molecule has 0 amide bonds. The number of rotatable bonds is 9. The number of benzene rings is 4. The second-order valence-corrected chi connectivity index (χ2v) is 10.8. The number of ether oxygens (including phenoxy) is 2. The van der Waals surface area contributed by atoms with Gasteiger partial charge < -0.3 is 14.4 Å². The molecule has 1 heterocycles. The number of anilines is 1. The maximum absolute atomic E-state index is 6.52. The van der Waals surface area contributed by atoms with E-state index in [-0.39, 0.29) is 16.7 Å². The molecule has 3 nitrogen and oxygen atoms in total. The van der Waals surface area contributed by atoms with Gasteiger partial charge >= 0.3 is 0 Å². The molecule has 1 fully saturated rings. The normalized spacial score (nSPS) is 17.3. The average Bonchev–Trinajstić information content (AvgIpc) is 2.88. The zero-order valence-electron chi connectivity index (χ0n) is 19.0. The summed E-state index contributed by atoms with van der Waals surface area (Å²) < 4.78 is 12.1. The van der Waals surface area contributed by atoms with Crippen molar-refractivity contribution < 1.29 is 9.47 Å². The lowest BCUT2D eigenvalue weighted by Crippen LogP contribution is -2.66. The Morgan fingerprint density at radius 1 is 0.676 bits per heavy atom. The first-order valence-corrected chi connectivity index (χ1v) is 13.1. The van der Waals surface area contributed by atoms with Gasteiger partial charge in [-0.25, -0.2) is 0 Å². The van der Waals surface area contributed by atoms with Crippen molar-refractivity contribution in [2.45, 2.75) is 26.5 Å². The maximum Gasteiger partial charge on any atom is 0.138 e. The van der Waals surface area contributed by atoms with Gasteiger partial charge in [-0.05, 0) is 60.7 Å². The maximum atomic E-state index is 6.52. The Labute approximate surface area is 210 Å². The van der Waals surface area contributed by atoms with E-state index in [2.05, 4.69) is 77.7 Å². The minimum Gasteiger partial charge on any atom is -0.497 e. The number of para-hydroxylation sites is 1. The zero-order chi connectivity index (χ0) is 23.2. The van der Waals surface area contributed by atoms with Crippen LogP contribution in [0.1, 0.15) is 0 Å². The second kappa shape index (κ2) is 10.9. The molecule has 172 valence electrons. The van der Waals surface area contributed by atoms with Crippen molar-refractivity contribution in [3.63, 3.8) is 0 Å². The Bertz CT molecular complexity index is 1120. The molecule has 0 aliphatic carbocycles. The zero-order valence-corrected chi connectivity index (χ0v) is 20.6. The molecule has 0 spiro atoms. The number of methoxy groups -OCH3 is 1. The number of hydrogen-bond acceptors (Lipinski definition) is 5. The largest absolute Gasteiger partial charge is 0.497 e. The lowest BCUT2D eigenvalue weighted by molar-refractivity contribution is 0.123. The molecule has 2 atom stereocenters. The Morgan fingerprint density at radius 2 is 1.21 bits per heavy atom. The van der Waals surface area contributed by atoms with Crippen LogP contribution >= 0.6 is 23.5 Å². The van der Waals surface area contributed by atoms with Crippen LogP contribution in [0.2, 0.25) is 0 Å².